The Hall–Kier alpha value is -2.71. The van der Waals surface area contributed by atoms with Crippen LogP contribution in [0.1, 0.15) is 19.4 Å². The first-order valence-electron chi connectivity index (χ1n) is 9.49. The van der Waals surface area contributed by atoms with Crippen molar-refractivity contribution in [3.63, 3.8) is 0 Å². The summed E-state index contributed by atoms with van der Waals surface area (Å²) in [4.78, 5) is 31.4. The number of hydrogen-bond acceptors (Lipinski definition) is 5. The summed E-state index contributed by atoms with van der Waals surface area (Å²) in [6.45, 7) is 5.19. The molecule has 2 aliphatic rings. The molecule has 1 saturated heterocycles. The molecule has 1 amide bonds. The third kappa shape index (κ3) is 2.86. The number of aromatic nitrogens is 1. The first-order chi connectivity index (χ1) is 13.9. The molecule has 6 nitrogen and oxygen atoms in total. The van der Waals surface area contributed by atoms with Gasteiger partial charge >= 0.3 is 0 Å². The van der Waals surface area contributed by atoms with Crippen molar-refractivity contribution in [2.24, 2.45) is 0 Å². The number of hydrogen-bond donors (Lipinski definition) is 0. The van der Waals surface area contributed by atoms with Crippen molar-refractivity contribution >= 4 is 57.7 Å². The topological polar surface area (TPSA) is 48.8 Å². The Kier molecular flexibility index (Phi) is 4.92. The summed E-state index contributed by atoms with van der Waals surface area (Å²) < 4.78 is 2.94. The Bertz CT molecular complexity index is 1240. The molecule has 1 aromatic carbocycles. The highest BCUT2D eigenvalue weighted by Gasteiger charge is 2.35. The minimum Gasteiger partial charge on any atom is -0.340 e. The van der Waals surface area contributed by atoms with Gasteiger partial charge in [-0.3, -0.25) is 19.1 Å². The zero-order valence-electron chi connectivity index (χ0n) is 16.8. The van der Waals surface area contributed by atoms with E-state index in [1.54, 1.807) is 23.6 Å². The second-order valence-electron chi connectivity index (χ2n) is 6.86. The van der Waals surface area contributed by atoms with E-state index in [0.717, 1.165) is 23.5 Å². The number of carbonyl (C=O) groups excluding carboxylic acids is 1. The number of thiazole rings is 1. The number of likely N-dealkylation sites (N-methyl/N-ethyl adjacent to an activating group) is 3. The van der Waals surface area contributed by atoms with E-state index in [9.17, 15) is 9.59 Å². The zero-order chi connectivity index (χ0) is 20.9. The van der Waals surface area contributed by atoms with E-state index in [1.807, 2.05) is 31.2 Å². The first-order valence-corrected chi connectivity index (χ1v) is 10.7. The van der Waals surface area contributed by atoms with Crippen LogP contribution in [0.5, 0.6) is 0 Å². The van der Waals surface area contributed by atoms with Crippen LogP contribution in [0, 0.1) is 0 Å². The summed E-state index contributed by atoms with van der Waals surface area (Å²) in [6.07, 6.45) is 4.03. The van der Waals surface area contributed by atoms with Gasteiger partial charge in [0.05, 0.1) is 5.70 Å². The molecule has 0 unspecified atom stereocenters. The summed E-state index contributed by atoms with van der Waals surface area (Å²) in [5.74, 6) is -0.186. The first kappa shape index (κ1) is 19.6. The largest absolute Gasteiger partial charge is 0.340 e. The van der Waals surface area contributed by atoms with Crippen molar-refractivity contribution in [3.8, 4) is 0 Å². The molecule has 0 spiro atoms. The van der Waals surface area contributed by atoms with Crippen LogP contribution in [-0.2, 0) is 11.3 Å². The fourth-order valence-electron chi connectivity index (χ4n) is 3.78. The molecule has 0 atom stereocenters. The van der Waals surface area contributed by atoms with Crippen molar-refractivity contribution in [3.05, 3.63) is 55.5 Å². The van der Waals surface area contributed by atoms with Crippen molar-refractivity contribution in [2.75, 3.05) is 25.5 Å². The van der Waals surface area contributed by atoms with Gasteiger partial charge in [0.1, 0.15) is 14.9 Å². The third-order valence-corrected chi connectivity index (χ3v) is 7.05. The van der Waals surface area contributed by atoms with Crippen LogP contribution in [0.4, 0.5) is 5.69 Å². The van der Waals surface area contributed by atoms with E-state index >= 15 is 0 Å². The van der Waals surface area contributed by atoms with E-state index < -0.39 is 0 Å². The minimum atomic E-state index is -0.186. The van der Waals surface area contributed by atoms with Crippen LogP contribution in [0.2, 0.25) is 0 Å². The van der Waals surface area contributed by atoms with Gasteiger partial charge in [0.2, 0.25) is 0 Å². The highest BCUT2D eigenvalue weighted by molar-refractivity contribution is 7.80. The second-order valence-corrected chi connectivity index (χ2v) is 8.23. The van der Waals surface area contributed by atoms with E-state index in [1.165, 1.54) is 16.2 Å². The lowest BCUT2D eigenvalue weighted by Gasteiger charge is -2.28. The number of anilines is 1. The van der Waals surface area contributed by atoms with Crippen LogP contribution in [0.25, 0.3) is 17.5 Å². The monoisotopic (exact) mass is 426 g/mol. The molecule has 0 bridgehead atoms. The Labute approximate surface area is 178 Å². The molecule has 0 N–H and O–H groups in total. The molecule has 1 fully saturated rings. The number of benzene rings is 1. The second kappa shape index (κ2) is 7.27. The molecule has 4 rings (SSSR count). The van der Waals surface area contributed by atoms with Gasteiger partial charge in [-0.15, -0.1) is 11.3 Å². The lowest BCUT2D eigenvalue weighted by molar-refractivity contribution is -0.120. The van der Waals surface area contributed by atoms with Gasteiger partial charge in [-0.1, -0.05) is 24.3 Å². The highest BCUT2D eigenvalue weighted by atomic mass is 32.1. The summed E-state index contributed by atoms with van der Waals surface area (Å²) in [6, 6.07) is 8.13. The number of amides is 1. The van der Waals surface area contributed by atoms with Crippen molar-refractivity contribution in [1.29, 1.82) is 0 Å². The molecular formula is C21H22N4O2S2. The Morgan fingerprint density at radius 1 is 1.00 bits per heavy atom. The Balaban J connectivity index is 2.07. The summed E-state index contributed by atoms with van der Waals surface area (Å²) >= 11 is 6.70. The van der Waals surface area contributed by atoms with Gasteiger partial charge in [-0.05, 0) is 43.8 Å². The molecule has 0 saturated carbocycles. The van der Waals surface area contributed by atoms with Crippen LogP contribution < -0.4 is 19.7 Å². The van der Waals surface area contributed by atoms with E-state index in [-0.39, 0.29) is 11.5 Å². The molecule has 0 aliphatic carbocycles. The summed E-state index contributed by atoms with van der Waals surface area (Å²) in [7, 11) is 3.43. The molecular weight excluding hydrogens is 404 g/mol. The summed E-state index contributed by atoms with van der Waals surface area (Å²) in [5, 5.41) is 0.435. The smallest absolute Gasteiger partial charge is 0.279 e. The van der Waals surface area contributed by atoms with E-state index in [2.05, 4.69) is 24.0 Å². The fraction of sp³-hybridized carbons (Fsp3) is 0.286. The molecule has 2 aromatic rings. The number of nitrogens with zero attached hydrogens (tertiary/aromatic N) is 4. The predicted molar refractivity (Wildman–Crippen MR) is 122 cm³/mol. The predicted octanol–water partition coefficient (Wildman–Crippen LogP) is 1.39. The maximum absolute atomic E-state index is 13.3. The number of para-hydroxylation sites is 1. The number of carbonyl (C=O) groups is 1. The maximum Gasteiger partial charge on any atom is 0.279 e. The minimum absolute atomic E-state index is 0.0841. The molecule has 3 heterocycles. The molecule has 8 heteroatoms. The van der Waals surface area contributed by atoms with Crippen LogP contribution >= 0.6 is 23.6 Å². The van der Waals surface area contributed by atoms with Gasteiger partial charge < -0.3 is 9.80 Å². The normalized spacial score (nSPS) is 20.1. The van der Waals surface area contributed by atoms with E-state index in [0.29, 0.717) is 26.5 Å². The molecule has 1 aromatic heterocycles. The van der Waals surface area contributed by atoms with Crippen LogP contribution in [-0.4, -0.2) is 46.0 Å². The lowest BCUT2D eigenvalue weighted by atomic mass is 10.1. The van der Waals surface area contributed by atoms with E-state index in [4.69, 9.17) is 12.2 Å². The average Bonchev–Trinajstić information content (AvgIpc) is 3.15. The van der Waals surface area contributed by atoms with Crippen molar-refractivity contribution in [2.45, 2.75) is 20.4 Å². The van der Waals surface area contributed by atoms with Crippen molar-refractivity contribution in [1.82, 2.24) is 14.4 Å². The SMILES string of the molecule is CCN1C(=c2sc(=C3C(=O)N(C)C(=S)N3C)n(CC)c2=O)C=Cc2ccccc21. The van der Waals surface area contributed by atoms with Crippen LogP contribution in [0.3, 0.4) is 0 Å². The van der Waals surface area contributed by atoms with Gasteiger partial charge in [0.15, 0.2) is 5.11 Å². The molecule has 150 valence electrons. The molecule has 2 aliphatic heterocycles. The highest BCUT2D eigenvalue weighted by Crippen LogP contribution is 2.30. The van der Waals surface area contributed by atoms with Gasteiger partial charge in [0.25, 0.3) is 11.5 Å². The van der Waals surface area contributed by atoms with Gasteiger partial charge in [-0.2, -0.15) is 0 Å². The average molecular weight is 427 g/mol. The number of fused-ring (bicyclic) bond motifs is 1. The summed E-state index contributed by atoms with van der Waals surface area (Å²) in [5.41, 5.74) is 3.43. The Morgan fingerprint density at radius 2 is 1.72 bits per heavy atom. The standard InChI is InChI=1S/C21H22N4O2S2/c1-5-24-14-10-8-7-9-13(14)11-12-15(24)17-19(27)25(6-2)20(29-17)16-18(26)23(4)21(28)22(16)3/h7-12H,5-6H2,1-4H3. The van der Waals surface area contributed by atoms with Gasteiger partial charge in [0, 0.05) is 32.9 Å². The zero-order valence-corrected chi connectivity index (χ0v) is 18.4. The molecule has 0 radical (unpaired) electrons. The van der Waals surface area contributed by atoms with Crippen LogP contribution in [0.15, 0.2) is 35.1 Å². The van der Waals surface area contributed by atoms with Crippen molar-refractivity contribution < 1.29 is 4.79 Å². The lowest BCUT2D eigenvalue weighted by Crippen LogP contribution is -2.37. The fourth-order valence-corrected chi connectivity index (χ4v) is 5.27. The Morgan fingerprint density at radius 3 is 2.34 bits per heavy atom. The number of rotatable bonds is 2. The third-order valence-electron chi connectivity index (χ3n) is 5.31. The number of thiocarbonyl (C=S) groups is 1. The van der Waals surface area contributed by atoms with Gasteiger partial charge in [-0.25, -0.2) is 0 Å². The molecule has 29 heavy (non-hydrogen) atoms. The quantitative estimate of drug-likeness (QED) is 0.680. The maximum atomic E-state index is 13.3.